The summed E-state index contributed by atoms with van der Waals surface area (Å²) in [5.41, 5.74) is 1.89. The fourth-order valence-electron chi connectivity index (χ4n) is 1.66. The van der Waals surface area contributed by atoms with Crippen LogP contribution in [-0.4, -0.2) is 25.0 Å². The van der Waals surface area contributed by atoms with Crippen LogP contribution in [0.1, 0.15) is 26.3 Å². The molecule has 1 amide bonds. The molecule has 5 nitrogen and oxygen atoms in total. The van der Waals surface area contributed by atoms with E-state index < -0.39 is 0 Å². The summed E-state index contributed by atoms with van der Waals surface area (Å²) in [6.07, 6.45) is 1.79. The standard InChI is InChI=1S/C17H26N4O.HI/c1-5-11-19-17(18-6-2)20-12-14-7-9-15(10-8-14)21-16(22)13(3)4;/h5,7-10,13H,1,6,11-12H2,2-4H3,(H,21,22)(H2,18,19,20);1H. The van der Waals surface area contributed by atoms with Crippen molar-refractivity contribution in [2.24, 2.45) is 10.9 Å². The summed E-state index contributed by atoms with van der Waals surface area (Å²) in [6, 6.07) is 7.73. The van der Waals surface area contributed by atoms with Crippen molar-refractivity contribution in [3.05, 3.63) is 42.5 Å². The number of halogens is 1. The molecule has 0 heterocycles. The lowest BCUT2D eigenvalue weighted by molar-refractivity contribution is -0.118. The SMILES string of the molecule is C=CCNC(=NCc1ccc(NC(=O)C(C)C)cc1)NCC.I. The first-order chi connectivity index (χ1) is 10.6. The van der Waals surface area contributed by atoms with Crippen molar-refractivity contribution in [1.82, 2.24) is 10.6 Å². The Morgan fingerprint density at radius 2 is 1.91 bits per heavy atom. The average Bonchev–Trinajstić information content (AvgIpc) is 2.51. The van der Waals surface area contributed by atoms with Gasteiger partial charge in [-0.05, 0) is 24.6 Å². The van der Waals surface area contributed by atoms with E-state index in [1.54, 1.807) is 6.08 Å². The summed E-state index contributed by atoms with van der Waals surface area (Å²) < 4.78 is 0. The smallest absolute Gasteiger partial charge is 0.226 e. The fourth-order valence-corrected chi connectivity index (χ4v) is 1.66. The Morgan fingerprint density at radius 1 is 1.26 bits per heavy atom. The number of hydrogen-bond acceptors (Lipinski definition) is 2. The van der Waals surface area contributed by atoms with Gasteiger partial charge in [-0.1, -0.05) is 32.1 Å². The highest BCUT2D eigenvalue weighted by atomic mass is 127. The van der Waals surface area contributed by atoms with Crippen LogP contribution in [0.25, 0.3) is 0 Å². The number of guanidine groups is 1. The predicted molar refractivity (Wildman–Crippen MR) is 108 cm³/mol. The van der Waals surface area contributed by atoms with Crippen LogP contribution in [0.2, 0.25) is 0 Å². The minimum Gasteiger partial charge on any atom is -0.357 e. The summed E-state index contributed by atoms with van der Waals surface area (Å²) >= 11 is 0. The first-order valence-corrected chi connectivity index (χ1v) is 7.59. The first-order valence-electron chi connectivity index (χ1n) is 7.59. The van der Waals surface area contributed by atoms with Crippen LogP contribution in [-0.2, 0) is 11.3 Å². The van der Waals surface area contributed by atoms with E-state index in [1.807, 2.05) is 45.0 Å². The van der Waals surface area contributed by atoms with Crippen LogP contribution in [0, 0.1) is 5.92 Å². The van der Waals surface area contributed by atoms with E-state index in [9.17, 15) is 4.79 Å². The number of aliphatic imine (C=N–C) groups is 1. The molecule has 128 valence electrons. The van der Waals surface area contributed by atoms with Crippen LogP contribution in [0.5, 0.6) is 0 Å². The number of benzene rings is 1. The zero-order valence-corrected chi connectivity index (χ0v) is 16.4. The molecule has 3 N–H and O–H groups in total. The van der Waals surface area contributed by atoms with Crippen molar-refractivity contribution in [1.29, 1.82) is 0 Å². The highest BCUT2D eigenvalue weighted by Crippen LogP contribution is 2.11. The van der Waals surface area contributed by atoms with E-state index in [4.69, 9.17) is 0 Å². The molecule has 0 atom stereocenters. The molecule has 0 aliphatic carbocycles. The number of hydrogen-bond donors (Lipinski definition) is 3. The van der Waals surface area contributed by atoms with Gasteiger partial charge in [-0.2, -0.15) is 0 Å². The normalized spacial score (nSPS) is 10.7. The molecule has 0 saturated heterocycles. The predicted octanol–water partition coefficient (Wildman–Crippen LogP) is 3.14. The van der Waals surface area contributed by atoms with Crippen LogP contribution in [0.15, 0.2) is 41.9 Å². The molecule has 0 radical (unpaired) electrons. The lowest BCUT2D eigenvalue weighted by Crippen LogP contribution is -2.37. The van der Waals surface area contributed by atoms with Gasteiger partial charge in [0.2, 0.25) is 5.91 Å². The molecule has 0 aliphatic rings. The number of rotatable bonds is 7. The fraction of sp³-hybridized carbons (Fsp3) is 0.412. The van der Waals surface area contributed by atoms with E-state index in [-0.39, 0.29) is 35.8 Å². The Balaban J connectivity index is 0.00000484. The third-order valence-corrected chi connectivity index (χ3v) is 2.92. The van der Waals surface area contributed by atoms with Gasteiger partial charge in [0, 0.05) is 24.7 Å². The van der Waals surface area contributed by atoms with Gasteiger partial charge in [-0.25, -0.2) is 4.99 Å². The number of nitrogens with zero attached hydrogens (tertiary/aromatic N) is 1. The Bertz CT molecular complexity index is 512. The first kappa shape index (κ1) is 21.4. The number of amides is 1. The molecule has 0 fully saturated rings. The quantitative estimate of drug-likeness (QED) is 0.270. The number of anilines is 1. The van der Waals surface area contributed by atoms with Gasteiger partial charge >= 0.3 is 0 Å². The van der Waals surface area contributed by atoms with Gasteiger partial charge in [0.05, 0.1) is 6.54 Å². The van der Waals surface area contributed by atoms with Crippen molar-refractivity contribution in [2.75, 3.05) is 18.4 Å². The maximum Gasteiger partial charge on any atom is 0.226 e. The molecular weight excluding hydrogens is 403 g/mol. The molecule has 0 aromatic heterocycles. The summed E-state index contributed by atoms with van der Waals surface area (Å²) in [5, 5.41) is 9.20. The second-order valence-corrected chi connectivity index (χ2v) is 5.21. The molecule has 6 heteroatoms. The molecule has 0 spiro atoms. The topological polar surface area (TPSA) is 65.5 Å². The minimum atomic E-state index is -0.0251. The summed E-state index contributed by atoms with van der Waals surface area (Å²) in [5.74, 6) is 0.760. The molecule has 1 aromatic carbocycles. The molecule has 1 rings (SSSR count). The largest absolute Gasteiger partial charge is 0.357 e. The lowest BCUT2D eigenvalue weighted by Gasteiger charge is -2.10. The summed E-state index contributed by atoms with van der Waals surface area (Å²) in [6.45, 7) is 11.5. The molecule has 0 unspecified atom stereocenters. The summed E-state index contributed by atoms with van der Waals surface area (Å²) in [7, 11) is 0. The third kappa shape index (κ3) is 8.59. The molecule has 0 saturated carbocycles. The van der Waals surface area contributed by atoms with Crippen molar-refractivity contribution in [3.63, 3.8) is 0 Å². The van der Waals surface area contributed by atoms with Crippen molar-refractivity contribution in [3.8, 4) is 0 Å². The van der Waals surface area contributed by atoms with Crippen molar-refractivity contribution >= 4 is 41.5 Å². The Labute approximate surface area is 156 Å². The Hall–Kier alpha value is -1.57. The van der Waals surface area contributed by atoms with Gasteiger partial charge in [-0.15, -0.1) is 30.6 Å². The van der Waals surface area contributed by atoms with Crippen LogP contribution in [0.3, 0.4) is 0 Å². The monoisotopic (exact) mass is 430 g/mol. The molecule has 0 aliphatic heterocycles. The lowest BCUT2D eigenvalue weighted by atomic mass is 10.2. The van der Waals surface area contributed by atoms with E-state index in [0.29, 0.717) is 13.1 Å². The maximum atomic E-state index is 11.6. The minimum absolute atomic E-state index is 0. The maximum absolute atomic E-state index is 11.6. The highest BCUT2D eigenvalue weighted by Gasteiger charge is 2.06. The number of nitrogens with one attached hydrogen (secondary N) is 3. The van der Waals surface area contributed by atoms with Crippen LogP contribution >= 0.6 is 24.0 Å². The van der Waals surface area contributed by atoms with Gasteiger partial charge < -0.3 is 16.0 Å². The third-order valence-electron chi connectivity index (χ3n) is 2.92. The number of carbonyl (C=O) groups is 1. The van der Waals surface area contributed by atoms with E-state index >= 15 is 0 Å². The van der Waals surface area contributed by atoms with E-state index in [2.05, 4.69) is 27.5 Å². The van der Waals surface area contributed by atoms with Gasteiger partial charge in [0.25, 0.3) is 0 Å². The van der Waals surface area contributed by atoms with Crippen molar-refractivity contribution < 1.29 is 4.79 Å². The van der Waals surface area contributed by atoms with E-state index in [0.717, 1.165) is 23.8 Å². The van der Waals surface area contributed by atoms with Crippen molar-refractivity contribution in [2.45, 2.75) is 27.3 Å². The average molecular weight is 430 g/mol. The van der Waals surface area contributed by atoms with Crippen LogP contribution < -0.4 is 16.0 Å². The highest BCUT2D eigenvalue weighted by molar-refractivity contribution is 14.0. The van der Waals surface area contributed by atoms with Gasteiger partial charge in [-0.3, -0.25) is 4.79 Å². The van der Waals surface area contributed by atoms with Crippen LogP contribution in [0.4, 0.5) is 5.69 Å². The Morgan fingerprint density at radius 3 is 2.43 bits per heavy atom. The summed E-state index contributed by atoms with van der Waals surface area (Å²) in [4.78, 5) is 16.1. The van der Waals surface area contributed by atoms with Gasteiger partial charge in [0.15, 0.2) is 5.96 Å². The molecule has 23 heavy (non-hydrogen) atoms. The molecule has 1 aromatic rings. The Kier molecular flexibility index (Phi) is 11.1. The molecular formula is C17H27IN4O. The zero-order chi connectivity index (χ0) is 16.4. The van der Waals surface area contributed by atoms with Gasteiger partial charge in [0.1, 0.15) is 0 Å². The zero-order valence-electron chi connectivity index (χ0n) is 14.1. The molecule has 0 bridgehead atoms. The number of carbonyl (C=O) groups excluding carboxylic acids is 1. The second-order valence-electron chi connectivity index (χ2n) is 5.21. The van der Waals surface area contributed by atoms with E-state index in [1.165, 1.54) is 0 Å². The second kappa shape index (κ2) is 11.9.